The molecule has 12 heavy (non-hydrogen) atoms. The van der Waals surface area contributed by atoms with Crippen LogP contribution in [0.25, 0.3) is 0 Å². The second-order valence-electron chi connectivity index (χ2n) is 2.26. The second-order valence-corrected chi connectivity index (χ2v) is 2.26. The maximum Gasteiger partial charge on any atom is 0.373 e. The summed E-state index contributed by atoms with van der Waals surface area (Å²) in [7, 11) is 1.49. The van der Waals surface area contributed by atoms with Crippen LogP contribution >= 0.6 is 0 Å². The Kier molecular flexibility index (Phi) is 2.44. The van der Waals surface area contributed by atoms with E-state index >= 15 is 0 Å². The molecular weight excluding hydrogens is 162 g/mol. The molecule has 0 fully saturated rings. The third-order valence-corrected chi connectivity index (χ3v) is 1.30. The van der Waals surface area contributed by atoms with Crippen LogP contribution in [0.2, 0.25) is 0 Å². The van der Waals surface area contributed by atoms with E-state index in [2.05, 4.69) is 4.98 Å². The predicted octanol–water partition coefficient (Wildman–Crippen LogP) is 0.828. The molecule has 0 saturated heterocycles. The number of ether oxygens (including phenoxy) is 1. The number of rotatable bonds is 3. The minimum Gasteiger partial charge on any atom is -0.475 e. The Morgan fingerprint density at radius 2 is 2.42 bits per heavy atom. The molecule has 5 heteroatoms. The van der Waals surface area contributed by atoms with Crippen molar-refractivity contribution >= 4 is 5.97 Å². The molecule has 0 unspecified atom stereocenters. The first kappa shape index (κ1) is 8.73. The van der Waals surface area contributed by atoms with Gasteiger partial charge in [0.1, 0.15) is 6.61 Å². The highest BCUT2D eigenvalue weighted by atomic mass is 16.5. The molecule has 0 saturated carbocycles. The average molecular weight is 171 g/mol. The van der Waals surface area contributed by atoms with E-state index < -0.39 is 5.97 Å². The van der Waals surface area contributed by atoms with Crippen LogP contribution in [0.15, 0.2) is 4.42 Å². The molecule has 0 spiro atoms. The molecule has 0 aliphatic carbocycles. The first-order valence-electron chi connectivity index (χ1n) is 3.33. The van der Waals surface area contributed by atoms with Crippen LogP contribution in [0.3, 0.4) is 0 Å². The molecule has 1 aromatic heterocycles. The summed E-state index contributed by atoms with van der Waals surface area (Å²) in [6.45, 7) is 1.76. The number of oxazole rings is 1. The quantitative estimate of drug-likeness (QED) is 0.729. The molecule has 0 bridgehead atoms. The van der Waals surface area contributed by atoms with Gasteiger partial charge in [-0.15, -0.1) is 0 Å². The largest absolute Gasteiger partial charge is 0.475 e. The number of nitrogens with zero attached hydrogens (tertiary/aromatic N) is 1. The van der Waals surface area contributed by atoms with Gasteiger partial charge in [-0.05, 0) is 6.92 Å². The van der Waals surface area contributed by atoms with Crippen LogP contribution in [0.5, 0.6) is 0 Å². The smallest absolute Gasteiger partial charge is 0.373 e. The Morgan fingerprint density at radius 3 is 2.83 bits per heavy atom. The number of methoxy groups -OCH3 is 1. The zero-order chi connectivity index (χ0) is 9.14. The number of carbonyl (C=O) groups is 1. The van der Waals surface area contributed by atoms with E-state index in [9.17, 15) is 4.79 Å². The lowest BCUT2D eigenvalue weighted by Crippen LogP contribution is -1.95. The van der Waals surface area contributed by atoms with Gasteiger partial charge in [0.05, 0.1) is 5.69 Å². The van der Waals surface area contributed by atoms with E-state index in [-0.39, 0.29) is 18.3 Å². The van der Waals surface area contributed by atoms with Gasteiger partial charge in [-0.2, -0.15) is 0 Å². The summed E-state index contributed by atoms with van der Waals surface area (Å²) in [5.41, 5.74) is 0.370. The Labute approximate surface area is 69.0 Å². The van der Waals surface area contributed by atoms with Crippen molar-refractivity contribution in [1.82, 2.24) is 4.98 Å². The lowest BCUT2D eigenvalue weighted by molar-refractivity contribution is 0.0653. The Balaban J connectivity index is 2.92. The minimum absolute atomic E-state index is 0.123. The summed E-state index contributed by atoms with van der Waals surface area (Å²) in [4.78, 5) is 14.3. The number of aryl methyl sites for hydroxylation is 1. The number of carboxylic acids is 1. The van der Waals surface area contributed by atoms with Gasteiger partial charge in [0, 0.05) is 7.11 Å². The zero-order valence-electron chi connectivity index (χ0n) is 6.83. The summed E-state index contributed by atoms with van der Waals surface area (Å²) in [5.74, 6) is -0.947. The van der Waals surface area contributed by atoms with Gasteiger partial charge in [0.25, 0.3) is 0 Å². The number of hydrogen-bond donors (Lipinski definition) is 1. The fraction of sp³-hybridized carbons (Fsp3) is 0.429. The van der Waals surface area contributed by atoms with Crippen LogP contribution in [0.4, 0.5) is 0 Å². The molecule has 0 aliphatic heterocycles. The van der Waals surface area contributed by atoms with Crippen molar-refractivity contribution in [3.63, 3.8) is 0 Å². The summed E-state index contributed by atoms with van der Waals surface area (Å²) in [5, 5.41) is 8.57. The molecular formula is C7H9NO4. The predicted molar refractivity (Wildman–Crippen MR) is 38.9 cm³/mol. The Bertz CT molecular complexity index is 292. The second kappa shape index (κ2) is 3.36. The van der Waals surface area contributed by atoms with Crippen LogP contribution in [0.1, 0.15) is 22.1 Å². The fourth-order valence-electron chi connectivity index (χ4n) is 0.836. The third-order valence-electron chi connectivity index (χ3n) is 1.30. The maximum atomic E-state index is 10.5. The Hall–Kier alpha value is -1.36. The summed E-state index contributed by atoms with van der Waals surface area (Å²) < 4.78 is 9.61. The van der Waals surface area contributed by atoms with E-state index in [0.29, 0.717) is 5.69 Å². The van der Waals surface area contributed by atoms with Crippen LogP contribution in [-0.2, 0) is 11.3 Å². The number of aromatic carboxylic acids is 1. The highest BCUT2D eigenvalue weighted by Gasteiger charge is 2.15. The monoisotopic (exact) mass is 171 g/mol. The van der Waals surface area contributed by atoms with Gasteiger partial charge in [-0.1, -0.05) is 0 Å². The van der Waals surface area contributed by atoms with Gasteiger partial charge in [-0.25, -0.2) is 9.78 Å². The van der Waals surface area contributed by atoms with E-state index in [1.54, 1.807) is 6.92 Å². The molecule has 5 nitrogen and oxygen atoms in total. The van der Waals surface area contributed by atoms with Crippen molar-refractivity contribution in [1.29, 1.82) is 0 Å². The molecule has 1 aromatic rings. The molecule has 1 N–H and O–H groups in total. The first-order valence-corrected chi connectivity index (χ1v) is 3.33. The van der Waals surface area contributed by atoms with E-state index in [4.69, 9.17) is 14.3 Å². The summed E-state index contributed by atoms with van der Waals surface area (Å²) in [6, 6.07) is 0. The van der Waals surface area contributed by atoms with E-state index in [1.165, 1.54) is 7.11 Å². The third kappa shape index (κ3) is 1.62. The molecule has 0 amide bonds. The SMILES string of the molecule is COCc1nc(C)c(C(=O)O)o1. The fourth-order valence-corrected chi connectivity index (χ4v) is 0.836. The van der Waals surface area contributed by atoms with Crippen molar-refractivity contribution in [2.75, 3.05) is 7.11 Å². The van der Waals surface area contributed by atoms with Gasteiger partial charge in [0.2, 0.25) is 11.7 Å². The van der Waals surface area contributed by atoms with E-state index in [1.807, 2.05) is 0 Å². The first-order chi connectivity index (χ1) is 5.65. The van der Waals surface area contributed by atoms with Crippen LogP contribution in [0, 0.1) is 6.92 Å². The minimum atomic E-state index is -1.11. The molecule has 0 aliphatic rings. The number of aromatic nitrogens is 1. The topological polar surface area (TPSA) is 72.6 Å². The summed E-state index contributed by atoms with van der Waals surface area (Å²) in [6.07, 6.45) is 0. The van der Waals surface area contributed by atoms with Gasteiger partial charge in [-0.3, -0.25) is 0 Å². The van der Waals surface area contributed by atoms with Crippen LogP contribution in [-0.4, -0.2) is 23.2 Å². The van der Waals surface area contributed by atoms with Gasteiger partial charge >= 0.3 is 5.97 Å². The average Bonchev–Trinajstić information content (AvgIpc) is 2.32. The Morgan fingerprint density at radius 1 is 1.75 bits per heavy atom. The highest BCUT2D eigenvalue weighted by Crippen LogP contribution is 2.10. The molecule has 0 aromatic carbocycles. The van der Waals surface area contributed by atoms with Crippen LogP contribution < -0.4 is 0 Å². The lowest BCUT2D eigenvalue weighted by Gasteiger charge is -1.88. The van der Waals surface area contributed by atoms with Crippen molar-refractivity contribution in [2.24, 2.45) is 0 Å². The molecule has 0 radical (unpaired) electrons. The van der Waals surface area contributed by atoms with Gasteiger partial charge in [0.15, 0.2) is 0 Å². The number of carboxylic acid groups (broad SMARTS) is 1. The number of hydrogen-bond acceptors (Lipinski definition) is 4. The standard InChI is InChI=1S/C7H9NO4/c1-4-6(7(9)10)12-5(8-4)3-11-2/h3H2,1-2H3,(H,9,10). The molecule has 1 heterocycles. The molecule has 66 valence electrons. The zero-order valence-corrected chi connectivity index (χ0v) is 6.83. The van der Waals surface area contributed by atoms with Crippen molar-refractivity contribution < 1.29 is 19.1 Å². The van der Waals surface area contributed by atoms with Crippen molar-refractivity contribution in [3.05, 3.63) is 17.3 Å². The normalized spacial score (nSPS) is 10.2. The highest BCUT2D eigenvalue weighted by molar-refractivity contribution is 5.85. The maximum absolute atomic E-state index is 10.5. The molecule has 1 rings (SSSR count). The van der Waals surface area contributed by atoms with Crippen molar-refractivity contribution in [2.45, 2.75) is 13.5 Å². The van der Waals surface area contributed by atoms with Gasteiger partial charge < -0.3 is 14.3 Å². The lowest BCUT2D eigenvalue weighted by atomic mass is 10.4. The van der Waals surface area contributed by atoms with E-state index in [0.717, 1.165) is 0 Å². The summed E-state index contributed by atoms with van der Waals surface area (Å²) >= 11 is 0. The van der Waals surface area contributed by atoms with Crippen molar-refractivity contribution in [3.8, 4) is 0 Å². The molecule has 0 atom stereocenters.